The van der Waals surface area contributed by atoms with Crippen molar-refractivity contribution in [1.82, 2.24) is 9.55 Å². The van der Waals surface area contributed by atoms with Gasteiger partial charge in [-0.25, -0.2) is 4.98 Å². The van der Waals surface area contributed by atoms with Gasteiger partial charge in [0.25, 0.3) is 0 Å². The molecule has 0 radical (unpaired) electrons. The Morgan fingerprint density at radius 1 is 1.33 bits per heavy atom. The Hall–Kier alpha value is -1.35. The average Bonchev–Trinajstić information content (AvgIpc) is 2.42. The Balaban J connectivity index is 2.49. The number of hydrogen-bond donors (Lipinski definition) is 1. The molecular formula is C12H16N2O. The number of benzene rings is 1. The van der Waals surface area contributed by atoms with E-state index in [9.17, 15) is 5.11 Å². The molecule has 2 aromatic rings. The Morgan fingerprint density at radius 3 is 2.60 bits per heavy atom. The number of aromatic nitrogens is 2. The fourth-order valence-electron chi connectivity index (χ4n) is 1.74. The third-order valence-electron chi connectivity index (χ3n) is 2.47. The number of para-hydroxylation sites is 2. The maximum atomic E-state index is 9.77. The van der Waals surface area contributed by atoms with E-state index in [-0.39, 0.29) is 0 Å². The molecule has 0 atom stereocenters. The van der Waals surface area contributed by atoms with Crippen molar-refractivity contribution in [2.75, 3.05) is 0 Å². The summed E-state index contributed by atoms with van der Waals surface area (Å²) in [6.45, 7) is 3.60. The monoisotopic (exact) mass is 204 g/mol. The molecule has 3 nitrogen and oxygen atoms in total. The first-order valence-corrected chi connectivity index (χ1v) is 5.10. The van der Waals surface area contributed by atoms with E-state index < -0.39 is 5.60 Å². The lowest BCUT2D eigenvalue weighted by Gasteiger charge is -2.16. The van der Waals surface area contributed by atoms with Gasteiger partial charge < -0.3 is 9.67 Å². The fourth-order valence-corrected chi connectivity index (χ4v) is 1.74. The molecule has 0 aliphatic carbocycles. The van der Waals surface area contributed by atoms with Crippen molar-refractivity contribution in [2.45, 2.75) is 25.9 Å². The van der Waals surface area contributed by atoms with Gasteiger partial charge in [0, 0.05) is 13.5 Å². The van der Waals surface area contributed by atoms with Gasteiger partial charge in [-0.15, -0.1) is 0 Å². The maximum absolute atomic E-state index is 9.77. The minimum absolute atomic E-state index is 0.568. The highest BCUT2D eigenvalue weighted by Gasteiger charge is 2.17. The first kappa shape index (κ1) is 10.2. The highest BCUT2D eigenvalue weighted by atomic mass is 16.3. The molecule has 0 saturated carbocycles. The summed E-state index contributed by atoms with van der Waals surface area (Å²) in [5, 5.41) is 9.77. The molecular weight excluding hydrogens is 188 g/mol. The summed E-state index contributed by atoms with van der Waals surface area (Å²) in [4.78, 5) is 4.50. The predicted molar refractivity (Wildman–Crippen MR) is 60.7 cm³/mol. The maximum Gasteiger partial charge on any atom is 0.112 e. The second kappa shape index (κ2) is 3.35. The molecule has 1 aromatic carbocycles. The van der Waals surface area contributed by atoms with Crippen LogP contribution in [-0.4, -0.2) is 20.3 Å². The normalized spacial score (nSPS) is 12.3. The van der Waals surface area contributed by atoms with E-state index in [1.165, 1.54) is 0 Å². The van der Waals surface area contributed by atoms with Gasteiger partial charge in [-0.1, -0.05) is 12.1 Å². The van der Waals surface area contributed by atoms with Crippen LogP contribution in [0.25, 0.3) is 11.0 Å². The number of hydrogen-bond acceptors (Lipinski definition) is 2. The number of imidazole rings is 1. The summed E-state index contributed by atoms with van der Waals surface area (Å²) in [7, 11) is 1.98. The van der Waals surface area contributed by atoms with Gasteiger partial charge in [0.15, 0.2) is 0 Å². The molecule has 0 fully saturated rings. The Kier molecular flexibility index (Phi) is 2.27. The van der Waals surface area contributed by atoms with Crippen LogP contribution in [0.2, 0.25) is 0 Å². The van der Waals surface area contributed by atoms with Crippen LogP contribution in [-0.2, 0) is 13.5 Å². The molecule has 1 N–H and O–H groups in total. The van der Waals surface area contributed by atoms with Crippen LogP contribution in [0.5, 0.6) is 0 Å². The van der Waals surface area contributed by atoms with Gasteiger partial charge in [0.2, 0.25) is 0 Å². The topological polar surface area (TPSA) is 38.0 Å². The second-order valence-electron chi connectivity index (χ2n) is 4.56. The van der Waals surface area contributed by atoms with Crippen molar-refractivity contribution in [3.05, 3.63) is 30.1 Å². The molecule has 0 unspecified atom stereocenters. The van der Waals surface area contributed by atoms with Crippen LogP contribution >= 0.6 is 0 Å². The number of nitrogens with zero attached hydrogens (tertiary/aromatic N) is 2. The molecule has 0 aliphatic rings. The molecule has 80 valence electrons. The molecule has 0 aliphatic heterocycles. The smallest absolute Gasteiger partial charge is 0.112 e. The zero-order valence-electron chi connectivity index (χ0n) is 9.36. The molecule has 3 heteroatoms. The molecule has 0 bridgehead atoms. The zero-order chi connectivity index (χ0) is 11.1. The standard InChI is InChI=1S/C12H16N2O/c1-12(2,15)8-11-13-9-6-4-5-7-10(9)14(11)3/h4-7,15H,8H2,1-3H3. The van der Waals surface area contributed by atoms with Crippen LogP contribution in [0.4, 0.5) is 0 Å². The van der Waals surface area contributed by atoms with E-state index in [0.29, 0.717) is 6.42 Å². The van der Waals surface area contributed by atoms with Crippen LogP contribution in [0.3, 0.4) is 0 Å². The summed E-state index contributed by atoms with van der Waals surface area (Å²) in [5.74, 6) is 0.920. The van der Waals surface area contributed by atoms with Gasteiger partial charge in [-0.2, -0.15) is 0 Å². The van der Waals surface area contributed by atoms with E-state index in [2.05, 4.69) is 4.98 Å². The Labute approximate surface area is 89.4 Å². The first-order chi connectivity index (χ1) is 6.97. The third-order valence-corrected chi connectivity index (χ3v) is 2.47. The lowest BCUT2D eigenvalue weighted by Crippen LogP contribution is -2.23. The van der Waals surface area contributed by atoms with Crippen LogP contribution in [0, 0.1) is 0 Å². The molecule has 15 heavy (non-hydrogen) atoms. The number of aliphatic hydroxyl groups is 1. The van der Waals surface area contributed by atoms with E-state index in [1.54, 1.807) is 13.8 Å². The van der Waals surface area contributed by atoms with E-state index >= 15 is 0 Å². The highest BCUT2D eigenvalue weighted by Crippen LogP contribution is 2.17. The molecule has 0 amide bonds. The zero-order valence-corrected chi connectivity index (χ0v) is 9.36. The lowest BCUT2D eigenvalue weighted by atomic mass is 10.1. The minimum Gasteiger partial charge on any atom is -0.390 e. The van der Waals surface area contributed by atoms with Gasteiger partial charge in [-0.05, 0) is 26.0 Å². The predicted octanol–water partition coefficient (Wildman–Crippen LogP) is 1.89. The number of aryl methyl sites for hydroxylation is 1. The van der Waals surface area contributed by atoms with Crippen molar-refractivity contribution >= 4 is 11.0 Å². The quantitative estimate of drug-likeness (QED) is 0.811. The van der Waals surface area contributed by atoms with Crippen molar-refractivity contribution in [2.24, 2.45) is 7.05 Å². The van der Waals surface area contributed by atoms with E-state index in [0.717, 1.165) is 16.9 Å². The molecule has 0 saturated heterocycles. The summed E-state index contributed by atoms with van der Waals surface area (Å²) < 4.78 is 2.04. The molecule has 2 rings (SSSR count). The SMILES string of the molecule is Cn1c(CC(C)(C)O)nc2ccccc21. The van der Waals surface area contributed by atoms with Crippen LogP contribution in [0.1, 0.15) is 19.7 Å². The number of rotatable bonds is 2. The van der Waals surface area contributed by atoms with Crippen molar-refractivity contribution in [3.8, 4) is 0 Å². The highest BCUT2D eigenvalue weighted by molar-refractivity contribution is 5.75. The van der Waals surface area contributed by atoms with Crippen molar-refractivity contribution in [1.29, 1.82) is 0 Å². The summed E-state index contributed by atoms with van der Waals surface area (Å²) in [6, 6.07) is 8.00. The lowest BCUT2D eigenvalue weighted by molar-refractivity contribution is 0.0782. The van der Waals surface area contributed by atoms with Crippen LogP contribution in [0.15, 0.2) is 24.3 Å². The van der Waals surface area contributed by atoms with Crippen LogP contribution < -0.4 is 0 Å². The average molecular weight is 204 g/mol. The fraction of sp³-hybridized carbons (Fsp3) is 0.417. The third kappa shape index (κ3) is 2.02. The molecule has 0 spiro atoms. The minimum atomic E-state index is -0.713. The van der Waals surface area contributed by atoms with Crippen molar-refractivity contribution < 1.29 is 5.11 Å². The summed E-state index contributed by atoms with van der Waals surface area (Å²) in [5.41, 5.74) is 1.38. The van der Waals surface area contributed by atoms with Crippen molar-refractivity contribution in [3.63, 3.8) is 0 Å². The van der Waals surface area contributed by atoms with Gasteiger partial charge >= 0.3 is 0 Å². The summed E-state index contributed by atoms with van der Waals surface area (Å²) in [6.07, 6.45) is 0.568. The second-order valence-corrected chi connectivity index (χ2v) is 4.56. The molecule has 1 heterocycles. The van der Waals surface area contributed by atoms with Gasteiger partial charge in [-0.3, -0.25) is 0 Å². The first-order valence-electron chi connectivity index (χ1n) is 5.10. The largest absolute Gasteiger partial charge is 0.390 e. The molecule has 1 aromatic heterocycles. The van der Waals surface area contributed by atoms with Gasteiger partial charge in [0.1, 0.15) is 5.82 Å². The number of fused-ring (bicyclic) bond motifs is 1. The van der Waals surface area contributed by atoms with E-state index in [4.69, 9.17) is 0 Å². The van der Waals surface area contributed by atoms with Gasteiger partial charge in [0.05, 0.1) is 16.6 Å². The Morgan fingerprint density at radius 2 is 2.00 bits per heavy atom. The van der Waals surface area contributed by atoms with E-state index in [1.807, 2.05) is 35.9 Å². The Bertz CT molecular complexity index is 480. The summed E-state index contributed by atoms with van der Waals surface area (Å²) >= 11 is 0.